The van der Waals surface area contributed by atoms with Crippen LogP contribution in [-0.4, -0.2) is 21.1 Å². The van der Waals surface area contributed by atoms with E-state index in [9.17, 15) is 4.79 Å². The van der Waals surface area contributed by atoms with Gasteiger partial charge in [-0.2, -0.15) is 10.1 Å². The first-order chi connectivity index (χ1) is 5.86. The molecule has 0 saturated heterocycles. The van der Waals surface area contributed by atoms with Crippen LogP contribution in [0.2, 0.25) is 0 Å². The second kappa shape index (κ2) is 2.92. The van der Waals surface area contributed by atoms with Gasteiger partial charge in [0.1, 0.15) is 6.33 Å². The lowest BCUT2D eigenvalue weighted by Gasteiger charge is -2.23. The highest BCUT2D eigenvalue weighted by atomic mass is 16.2. The molecule has 1 aromatic rings. The van der Waals surface area contributed by atoms with Crippen molar-refractivity contribution in [2.45, 2.75) is 19.3 Å². The molecule has 64 valence electrons. The summed E-state index contributed by atoms with van der Waals surface area (Å²) in [4.78, 5) is 15.1. The Labute approximate surface area is 69.6 Å². The van der Waals surface area contributed by atoms with Crippen LogP contribution in [0.4, 0.5) is 5.95 Å². The maximum Gasteiger partial charge on any atom is 0.229 e. The van der Waals surface area contributed by atoms with Crippen molar-refractivity contribution >= 4 is 11.9 Å². The molecular weight excluding hydrogens is 156 g/mol. The number of carbonyl (C=O) groups excluding carboxylic acids is 1. The van der Waals surface area contributed by atoms with E-state index in [1.807, 2.05) is 0 Å². The Morgan fingerprint density at radius 1 is 1.67 bits per heavy atom. The largest absolute Gasteiger partial charge is 0.295 e. The standard InChI is InChI=1S/C7H10N4O/c12-6(5-2-1-3-5)10-7-8-4-9-11-7/h4-5H,1-3H2,(H2,8,9,10,11,12). The van der Waals surface area contributed by atoms with Crippen LogP contribution >= 0.6 is 0 Å². The summed E-state index contributed by atoms with van der Waals surface area (Å²) in [7, 11) is 0. The first kappa shape index (κ1) is 7.27. The van der Waals surface area contributed by atoms with Crippen molar-refractivity contribution in [1.29, 1.82) is 0 Å². The number of hydrogen-bond acceptors (Lipinski definition) is 3. The van der Waals surface area contributed by atoms with E-state index in [1.54, 1.807) is 0 Å². The van der Waals surface area contributed by atoms with E-state index in [1.165, 1.54) is 6.33 Å². The fourth-order valence-electron chi connectivity index (χ4n) is 1.15. The van der Waals surface area contributed by atoms with E-state index < -0.39 is 0 Å². The molecule has 2 rings (SSSR count). The molecule has 0 spiro atoms. The van der Waals surface area contributed by atoms with Crippen LogP contribution in [0, 0.1) is 5.92 Å². The summed E-state index contributed by atoms with van der Waals surface area (Å²) in [6.45, 7) is 0. The lowest BCUT2D eigenvalue weighted by molar-refractivity contribution is -0.122. The van der Waals surface area contributed by atoms with Gasteiger partial charge in [0.25, 0.3) is 0 Å². The normalized spacial score (nSPS) is 17.0. The van der Waals surface area contributed by atoms with E-state index in [0.29, 0.717) is 5.95 Å². The second-order valence-corrected chi connectivity index (χ2v) is 2.95. The summed E-state index contributed by atoms with van der Waals surface area (Å²) < 4.78 is 0. The number of aromatic amines is 1. The SMILES string of the molecule is O=C(Nc1ncn[nH]1)C1CCC1. The zero-order valence-electron chi connectivity index (χ0n) is 6.58. The average Bonchev–Trinajstić information content (AvgIpc) is 2.34. The summed E-state index contributed by atoms with van der Waals surface area (Å²) in [5, 5.41) is 8.86. The molecule has 5 nitrogen and oxygen atoms in total. The van der Waals surface area contributed by atoms with Crippen LogP contribution in [0.5, 0.6) is 0 Å². The summed E-state index contributed by atoms with van der Waals surface area (Å²) in [6, 6.07) is 0. The van der Waals surface area contributed by atoms with Gasteiger partial charge in [-0.15, -0.1) is 0 Å². The highest BCUT2D eigenvalue weighted by molar-refractivity contribution is 5.91. The summed E-state index contributed by atoms with van der Waals surface area (Å²) in [5.74, 6) is 0.681. The number of H-pyrrole nitrogens is 1. The Morgan fingerprint density at radius 2 is 2.50 bits per heavy atom. The minimum Gasteiger partial charge on any atom is -0.295 e. The van der Waals surface area contributed by atoms with E-state index in [2.05, 4.69) is 20.5 Å². The number of nitrogens with zero attached hydrogens (tertiary/aromatic N) is 2. The van der Waals surface area contributed by atoms with Crippen molar-refractivity contribution in [1.82, 2.24) is 15.2 Å². The molecule has 1 saturated carbocycles. The molecule has 5 heteroatoms. The lowest BCUT2D eigenvalue weighted by atomic mass is 9.85. The molecule has 1 amide bonds. The quantitative estimate of drug-likeness (QED) is 0.673. The first-order valence-corrected chi connectivity index (χ1v) is 4.02. The van der Waals surface area contributed by atoms with Crippen molar-refractivity contribution in [3.8, 4) is 0 Å². The third-order valence-corrected chi connectivity index (χ3v) is 2.13. The van der Waals surface area contributed by atoms with Crippen molar-refractivity contribution in [2.24, 2.45) is 5.92 Å². The van der Waals surface area contributed by atoms with Crippen molar-refractivity contribution < 1.29 is 4.79 Å². The zero-order chi connectivity index (χ0) is 8.39. The number of anilines is 1. The number of rotatable bonds is 2. The highest BCUT2D eigenvalue weighted by Gasteiger charge is 2.25. The molecule has 0 radical (unpaired) electrons. The van der Waals surface area contributed by atoms with Crippen molar-refractivity contribution in [2.75, 3.05) is 5.32 Å². The predicted octanol–water partition coefficient (Wildman–Crippen LogP) is 0.543. The molecule has 0 aromatic carbocycles. The third-order valence-electron chi connectivity index (χ3n) is 2.13. The van der Waals surface area contributed by atoms with Gasteiger partial charge in [-0.3, -0.25) is 10.1 Å². The van der Waals surface area contributed by atoms with Gasteiger partial charge >= 0.3 is 0 Å². The molecule has 1 aliphatic rings. The molecule has 0 unspecified atom stereocenters. The zero-order valence-corrected chi connectivity index (χ0v) is 6.58. The van der Waals surface area contributed by atoms with E-state index >= 15 is 0 Å². The Morgan fingerprint density at radius 3 is 3.00 bits per heavy atom. The smallest absolute Gasteiger partial charge is 0.229 e. The molecule has 1 heterocycles. The molecule has 2 N–H and O–H groups in total. The monoisotopic (exact) mass is 166 g/mol. The average molecular weight is 166 g/mol. The third kappa shape index (κ3) is 1.30. The van der Waals surface area contributed by atoms with E-state index in [-0.39, 0.29) is 11.8 Å². The molecule has 12 heavy (non-hydrogen) atoms. The molecule has 1 aromatic heterocycles. The Kier molecular flexibility index (Phi) is 1.77. The van der Waals surface area contributed by atoms with E-state index in [4.69, 9.17) is 0 Å². The van der Waals surface area contributed by atoms with Crippen LogP contribution in [0.15, 0.2) is 6.33 Å². The van der Waals surface area contributed by atoms with Gasteiger partial charge in [0, 0.05) is 5.92 Å². The molecular formula is C7H10N4O. The highest BCUT2D eigenvalue weighted by Crippen LogP contribution is 2.26. The Bertz CT molecular complexity index is 265. The number of amides is 1. The maximum absolute atomic E-state index is 11.3. The number of aromatic nitrogens is 3. The van der Waals surface area contributed by atoms with Gasteiger partial charge in [-0.25, -0.2) is 5.10 Å². The van der Waals surface area contributed by atoms with Gasteiger partial charge in [-0.05, 0) is 12.8 Å². The fourth-order valence-corrected chi connectivity index (χ4v) is 1.15. The van der Waals surface area contributed by atoms with Crippen molar-refractivity contribution in [3.63, 3.8) is 0 Å². The van der Waals surface area contributed by atoms with Crippen LogP contribution < -0.4 is 5.32 Å². The number of nitrogens with one attached hydrogen (secondary N) is 2. The molecule has 1 aliphatic carbocycles. The van der Waals surface area contributed by atoms with Gasteiger partial charge in [0.2, 0.25) is 11.9 Å². The number of carbonyl (C=O) groups is 1. The first-order valence-electron chi connectivity index (χ1n) is 4.02. The summed E-state index contributed by atoms with van der Waals surface area (Å²) in [6.07, 6.45) is 4.53. The fraction of sp³-hybridized carbons (Fsp3) is 0.571. The number of hydrogen-bond donors (Lipinski definition) is 2. The topological polar surface area (TPSA) is 70.7 Å². The molecule has 1 fully saturated rings. The molecule has 0 aliphatic heterocycles. The van der Waals surface area contributed by atoms with Gasteiger partial charge in [0.05, 0.1) is 0 Å². The van der Waals surface area contributed by atoms with E-state index in [0.717, 1.165) is 19.3 Å². The van der Waals surface area contributed by atoms with Crippen LogP contribution in [0.3, 0.4) is 0 Å². The van der Waals surface area contributed by atoms with Crippen LogP contribution in [-0.2, 0) is 4.79 Å². The summed E-state index contributed by atoms with van der Waals surface area (Å²) >= 11 is 0. The Balaban J connectivity index is 1.90. The minimum absolute atomic E-state index is 0.0537. The lowest BCUT2D eigenvalue weighted by Crippen LogP contribution is -2.28. The van der Waals surface area contributed by atoms with Crippen molar-refractivity contribution in [3.05, 3.63) is 6.33 Å². The minimum atomic E-state index is 0.0537. The Hall–Kier alpha value is -1.39. The molecule has 0 bridgehead atoms. The van der Waals surface area contributed by atoms with Gasteiger partial charge < -0.3 is 0 Å². The second-order valence-electron chi connectivity index (χ2n) is 2.95. The predicted molar refractivity (Wildman–Crippen MR) is 42.4 cm³/mol. The van der Waals surface area contributed by atoms with Crippen LogP contribution in [0.1, 0.15) is 19.3 Å². The maximum atomic E-state index is 11.3. The van der Waals surface area contributed by atoms with Gasteiger partial charge in [0.15, 0.2) is 0 Å². The molecule has 0 atom stereocenters. The summed E-state index contributed by atoms with van der Waals surface area (Å²) in [5.41, 5.74) is 0. The van der Waals surface area contributed by atoms with Gasteiger partial charge in [-0.1, -0.05) is 6.42 Å². The van der Waals surface area contributed by atoms with Crippen LogP contribution in [0.25, 0.3) is 0 Å².